The average molecular weight is 74.2 g/mol. The standard InChI is InChI=1S/C3H8Si.H2/c1-2-3-4;/h2H,1,3H2,4H3;1H. The van der Waals surface area contributed by atoms with Crippen LogP contribution in [0.25, 0.3) is 0 Å². The molecule has 0 unspecified atom stereocenters. The van der Waals surface area contributed by atoms with E-state index < -0.39 is 0 Å². The molecule has 26 valence electrons. The Bertz CT molecular complexity index is 20.9. The Labute approximate surface area is 31.4 Å². The van der Waals surface area contributed by atoms with E-state index in [9.17, 15) is 0 Å². The Kier molecular flexibility index (Phi) is 2.93. The molecule has 0 aromatic rings. The Balaban J connectivity index is 0. The molecule has 0 aliphatic heterocycles. The van der Waals surface area contributed by atoms with E-state index in [2.05, 4.69) is 6.58 Å². The van der Waals surface area contributed by atoms with Crippen molar-refractivity contribution in [2.45, 2.75) is 6.04 Å². The zero-order valence-corrected chi connectivity index (χ0v) is 4.99. The van der Waals surface area contributed by atoms with Crippen LogP contribution in [0.2, 0.25) is 6.04 Å². The molecule has 0 N–H and O–H groups in total. The van der Waals surface area contributed by atoms with E-state index in [1.165, 1.54) is 16.3 Å². The molecule has 0 nitrogen and oxygen atoms in total. The van der Waals surface area contributed by atoms with Crippen molar-refractivity contribution in [3.8, 4) is 0 Å². The van der Waals surface area contributed by atoms with Gasteiger partial charge in [-0.15, -0.1) is 6.58 Å². The van der Waals surface area contributed by atoms with E-state index in [0.717, 1.165) is 0 Å². The summed E-state index contributed by atoms with van der Waals surface area (Å²) >= 11 is 0. The Morgan fingerprint density at radius 3 is 2.50 bits per heavy atom. The molecule has 1 heteroatoms. The maximum Gasteiger partial charge on any atom is 0.00753 e. The third kappa shape index (κ3) is 1.96. The molecule has 0 aromatic heterocycles. The summed E-state index contributed by atoms with van der Waals surface area (Å²) < 4.78 is 0. The van der Waals surface area contributed by atoms with Gasteiger partial charge < -0.3 is 0 Å². The molecule has 0 bridgehead atoms. The summed E-state index contributed by atoms with van der Waals surface area (Å²) in [5.41, 5.74) is 0. The molecule has 0 heterocycles. The van der Waals surface area contributed by atoms with Gasteiger partial charge in [0.25, 0.3) is 0 Å². The Morgan fingerprint density at radius 2 is 2.50 bits per heavy atom. The van der Waals surface area contributed by atoms with Crippen molar-refractivity contribution in [1.29, 1.82) is 0 Å². The van der Waals surface area contributed by atoms with E-state index in [-0.39, 0.29) is 1.43 Å². The second-order valence-electron chi connectivity index (χ2n) is 0.697. The predicted molar refractivity (Wildman–Crippen MR) is 27.1 cm³/mol. The van der Waals surface area contributed by atoms with Crippen molar-refractivity contribution in [1.82, 2.24) is 0 Å². The van der Waals surface area contributed by atoms with Gasteiger partial charge in [-0.25, -0.2) is 0 Å². The largest absolute Gasteiger partial charge is 0.103 e. The summed E-state index contributed by atoms with van der Waals surface area (Å²) in [6.07, 6.45) is 1.94. The molecule has 0 aliphatic rings. The van der Waals surface area contributed by atoms with E-state index in [0.29, 0.717) is 0 Å². The number of allylic oxidation sites excluding steroid dienone is 1. The lowest BCUT2D eigenvalue weighted by Crippen LogP contribution is -1.47. The van der Waals surface area contributed by atoms with Gasteiger partial charge in [0.1, 0.15) is 0 Å². The highest BCUT2D eigenvalue weighted by atomic mass is 28.1. The summed E-state index contributed by atoms with van der Waals surface area (Å²) in [7, 11) is 1.27. The van der Waals surface area contributed by atoms with Crippen LogP contribution >= 0.6 is 0 Å². The molecule has 0 fully saturated rings. The number of hydrogen-bond acceptors (Lipinski definition) is 0. The fourth-order valence-corrected chi connectivity index (χ4v) is 0. The molecule has 0 aromatic carbocycles. The zero-order chi connectivity index (χ0) is 3.41. The molecule has 0 aliphatic carbocycles. The predicted octanol–water partition coefficient (Wildman–Crippen LogP) is 0.202. The molecular formula is C3H10Si. The molecule has 4 heavy (non-hydrogen) atoms. The third-order valence-corrected chi connectivity index (χ3v) is 0.866. The first kappa shape index (κ1) is 3.96. The lowest BCUT2D eigenvalue weighted by atomic mass is 10.8. The molecule has 0 atom stereocenters. The molecule has 0 saturated heterocycles. The van der Waals surface area contributed by atoms with Crippen LogP contribution in [0.3, 0.4) is 0 Å². The second kappa shape index (κ2) is 2.96. The molecule has 0 spiro atoms. The van der Waals surface area contributed by atoms with Crippen LogP contribution in [0.4, 0.5) is 0 Å². The summed E-state index contributed by atoms with van der Waals surface area (Å²) in [5.74, 6) is 0. The van der Waals surface area contributed by atoms with Crippen LogP contribution in [-0.4, -0.2) is 10.2 Å². The van der Waals surface area contributed by atoms with Crippen LogP contribution in [0.15, 0.2) is 12.7 Å². The van der Waals surface area contributed by atoms with Gasteiger partial charge in [-0.1, -0.05) is 6.08 Å². The maximum absolute atomic E-state index is 3.51. The lowest BCUT2D eigenvalue weighted by Gasteiger charge is -1.57. The first-order valence-corrected chi connectivity index (χ1v) is 2.94. The van der Waals surface area contributed by atoms with Gasteiger partial charge in [0.2, 0.25) is 0 Å². The Morgan fingerprint density at radius 1 is 2.25 bits per heavy atom. The van der Waals surface area contributed by atoms with Crippen molar-refractivity contribution in [3.05, 3.63) is 12.7 Å². The topological polar surface area (TPSA) is 0 Å². The van der Waals surface area contributed by atoms with Crippen LogP contribution in [0, 0.1) is 0 Å². The third-order valence-electron chi connectivity index (χ3n) is 0.289. The lowest BCUT2D eigenvalue weighted by molar-refractivity contribution is 1.76. The molecule has 0 radical (unpaired) electrons. The van der Waals surface area contributed by atoms with E-state index in [1.54, 1.807) is 0 Å². The second-order valence-corrected chi connectivity index (χ2v) is 1.51. The van der Waals surface area contributed by atoms with Crippen molar-refractivity contribution >= 4 is 10.2 Å². The minimum Gasteiger partial charge on any atom is -0.103 e. The highest BCUT2D eigenvalue weighted by Gasteiger charge is 1.46. The summed E-state index contributed by atoms with van der Waals surface area (Å²) in [5, 5.41) is 0. The first-order valence-electron chi connectivity index (χ1n) is 1.52. The highest BCUT2D eigenvalue weighted by molar-refractivity contribution is 6.09. The monoisotopic (exact) mass is 74.1 g/mol. The van der Waals surface area contributed by atoms with Crippen LogP contribution < -0.4 is 0 Å². The molecular weight excluding hydrogens is 64.1 g/mol. The fraction of sp³-hybridized carbons (Fsp3) is 0.333. The van der Waals surface area contributed by atoms with Gasteiger partial charge in [0.05, 0.1) is 0 Å². The molecule has 0 amide bonds. The zero-order valence-electron chi connectivity index (χ0n) is 2.99. The summed E-state index contributed by atoms with van der Waals surface area (Å²) in [4.78, 5) is 0. The fourth-order valence-electron chi connectivity index (χ4n) is 0. The first-order chi connectivity index (χ1) is 1.91. The van der Waals surface area contributed by atoms with Crippen molar-refractivity contribution in [3.63, 3.8) is 0 Å². The maximum atomic E-state index is 3.51. The van der Waals surface area contributed by atoms with Crippen LogP contribution in [0.1, 0.15) is 1.43 Å². The molecule has 0 rings (SSSR count). The molecule has 0 saturated carbocycles. The smallest absolute Gasteiger partial charge is 0.00753 e. The van der Waals surface area contributed by atoms with Gasteiger partial charge in [-0.3, -0.25) is 0 Å². The van der Waals surface area contributed by atoms with Crippen LogP contribution in [-0.2, 0) is 0 Å². The SMILES string of the molecule is C=CC[SiH3].[HH]. The van der Waals surface area contributed by atoms with E-state index >= 15 is 0 Å². The van der Waals surface area contributed by atoms with Crippen molar-refractivity contribution in [2.24, 2.45) is 0 Å². The van der Waals surface area contributed by atoms with Crippen molar-refractivity contribution in [2.75, 3.05) is 0 Å². The Hall–Kier alpha value is -0.0431. The van der Waals surface area contributed by atoms with Gasteiger partial charge in [0.15, 0.2) is 0 Å². The van der Waals surface area contributed by atoms with E-state index in [1.807, 2.05) is 6.08 Å². The van der Waals surface area contributed by atoms with E-state index in [4.69, 9.17) is 0 Å². The minimum absolute atomic E-state index is 0. The van der Waals surface area contributed by atoms with Gasteiger partial charge in [-0.2, -0.15) is 0 Å². The van der Waals surface area contributed by atoms with Gasteiger partial charge >= 0.3 is 0 Å². The number of rotatable bonds is 1. The summed E-state index contributed by atoms with van der Waals surface area (Å²) in [6, 6.07) is 1.22. The minimum atomic E-state index is 0. The normalized spacial score (nSPS) is 7.00. The number of hydrogen-bond donors (Lipinski definition) is 0. The van der Waals surface area contributed by atoms with Crippen LogP contribution in [0.5, 0.6) is 0 Å². The van der Waals surface area contributed by atoms with Gasteiger partial charge in [-0.05, 0) is 6.04 Å². The average Bonchev–Trinajstić information content (AvgIpc) is 1.37. The highest BCUT2D eigenvalue weighted by Crippen LogP contribution is 1.61. The summed E-state index contributed by atoms with van der Waals surface area (Å²) in [6.45, 7) is 3.51. The van der Waals surface area contributed by atoms with Crippen molar-refractivity contribution < 1.29 is 1.43 Å². The van der Waals surface area contributed by atoms with Gasteiger partial charge in [0, 0.05) is 11.7 Å². The quantitative estimate of drug-likeness (QED) is 0.308.